The Bertz CT molecular complexity index is 346. The van der Waals surface area contributed by atoms with Gasteiger partial charge in [0, 0.05) is 20.1 Å². The van der Waals surface area contributed by atoms with Crippen molar-refractivity contribution in [2.45, 2.75) is 19.4 Å². The van der Waals surface area contributed by atoms with E-state index < -0.39 is 0 Å². The van der Waals surface area contributed by atoms with Gasteiger partial charge in [-0.25, -0.2) is 4.99 Å². The van der Waals surface area contributed by atoms with Gasteiger partial charge in [-0.3, -0.25) is 0 Å². The molecule has 0 aliphatic rings. The average molecular weight is 234 g/mol. The number of benzene rings is 1. The topological polar surface area (TPSA) is 53.6 Å². The second kappa shape index (κ2) is 6.91. The number of hydrogen-bond acceptors (Lipinski definition) is 2. The van der Waals surface area contributed by atoms with Crippen LogP contribution in [0.5, 0.6) is 0 Å². The molecule has 0 aliphatic heterocycles. The molecule has 4 heteroatoms. The van der Waals surface area contributed by atoms with Crippen molar-refractivity contribution in [3.8, 4) is 0 Å². The van der Waals surface area contributed by atoms with Crippen LogP contribution in [0.4, 0.5) is 0 Å². The highest BCUT2D eigenvalue weighted by Crippen LogP contribution is 2.02. The van der Waals surface area contributed by atoms with Gasteiger partial charge in [-0.1, -0.05) is 30.3 Å². The lowest BCUT2D eigenvalue weighted by molar-refractivity contribution is 0.543. The third kappa shape index (κ3) is 4.87. The van der Waals surface area contributed by atoms with Crippen molar-refractivity contribution in [2.75, 3.05) is 20.8 Å². The molecule has 1 atom stereocenters. The molecule has 1 aromatic rings. The number of rotatable bonds is 4. The summed E-state index contributed by atoms with van der Waals surface area (Å²) in [7, 11) is 3.91. The lowest BCUT2D eigenvalue weighted by Crippen LogP contribution is -2.42. The van der Waals surface area contributed by atoms with Gasteiger partial charge in [-0.05, 0) is 18.9 Å². The predicted octanol–water partition coefficient (Wildman–Crippen LogP) is 1.04. The summed E-state index contributed by atoms with van der Waals surface area (Å²) in [6.45, 7) is 2.45. The van der Waals surface area contributed by atoms with E-state index in [2.05, 4.69) is 41.5 Å². The summed E-state index contributed by atoms with van der Waals surface area (Å²) in [5.41, 5.74) is 6.76. The maximum Gasteiger partial charge on any atom is 0.194 e. The zero-order valence-electron chi connectivity index (χ0n) is 10.9. The molecule has 0 aromatic heterocycles. The Labute approximate surface area is 104 Å². The van der Waals surface area contributed by atoms with Crippen LogP contribution in [0.2, 0.25) is 0 Å². The SMILES string of the molecule is CC(Cc1ccccc1)NC(=NCN)N(C)C. The van der Waals surface area contributed by atoms with E-state index in [4.69, 9.17) is 5.73 Å². The smallest absolute Gasteiger partial charge is 0.194 e. The maximum atomic E-state index is 5.44. The first-order valence-corrected chi connectivity index (χ1v) is 5.85. The fraction of sp³-hybridized carbons (Fsp3) is 0.462. The first-order chi connectivity index (χ1) is 8.13. The molecular formula is C13H22N4. The first kappa shape index (κ1) is 13.5. The molecule has 1 aromatic carbocycles. The Balaban J connectivity index is 2.54. The third-order valence-corrected chi connectivity index (χ3v) is 2.42. The Morgan fingerprint density at radius 2 is 2.00 bits per heavy atom. The van der Waals surface area contributed by atoms with E-state index in [1.807, 2.05) is 25.1 Å². The highest BCUT2D eigenvalue weighted by Gasteiger charge is 2.07. The average Bonchev–Trinajstić information content (AvgIpc) is 2.29. The summed E-state index contributed by atoms with van der Waals surface area (Å²) in [6.07, 6.45) is 0.971. The van der Waals surface area contributed by atoms with E-state index in [1.54, 1.807) is 0 Å². The molecule has 17 heavy (non-hydrogen) atoms. The standard InChI is InChI=1S/C13H22N4/c1-11(9-12-7-5-4-6-8-12)16-13(15-10-14)17(2)3/h4-8,11H,9-10,14H2,1-3H3,(H,15,16). The number of nitrogens with two attached hydrogens (primary N) is 1. The molecule has 0 saturated carbocycles. The molecular weight excluding hydrogens is 212 g/mol. The molecule has 0 heterocycles. The fourth-order valence-electron chi connectivity index (χ4n) is 1.64. The van der Waals surface area contributed by atoms with Crippen molar-refractivity contribution in [3.63, 3.8) is 0 Å². The van der Waals surface area contributed by atoms with Crippen molar-refractivity contribution in [3.05, 3.63) is 35.9 Å². The Morgan fingerprint density at radius 1 is 1.35 bits per heavy atom. The molecule has 1 rings (SSSR count). The number of guanidine groups is 1. The summed E-state index contributed by atoms with van der Waals surface area (Å²) in [6, 6.07) is 10.7. The quantitative estimate of drug-likeness (QED) is 0.604. The van der Waals surface area contributed by atoms with Crippen LogP contribution >= 0.6 is 0 Å². The molecule has 0 saturated heterocycles. The first-order valence-electron chi connectivity index (χ1n) is 5.85. The lowest BCUT2D eigenvalue weighted by Gasteiger charge is -2.22. The number of hydrogen-bond donors (Lipinski definition) is 2. The van der Waals surface area contributed by atoms with Gasteiger partial charge in [0.25, 0.3) is 0 Å². The van der Waals surface area contributed by atoms with Gasteiger partial charge in [-0.2, -0.15) is 0 Å². The van der Waals surface area contributed by atoms with E-state index in [0.29, 0.717) is 12.7 Å². The van der Waals surface area contributed by atoms with E-state index >= 15 is 0 Å². The van der Waals surface area contributed by atoms with Gasteiger partial charge < -0.3 is 16.0 Å². The van der Waals surface area contributed by atoms with E-state index in [1.165, 1.54) is 5.56 Å². The summed E-state index contributed by atoms with van der Waals surface area (Å²) in [4.78, 5) is 6.15. The molecule has 3 N–H and O–H groups in total. The number of nitrogens with zero attached hydrogens (tertiary/aromatic N) is 2. The summed E-state index contributed by atoms with van der Waals surface area (Å²) < 4.78 is 0. The monoisotopic (exact) mass is 234 g/mol. The Morgan fingerprint density at radius 3 is 2.53 bits per heavy atom. The normalized spacial score (nSPS) is 13.3. The van der Waals surface area contributed by atoms with Crippen molar-refractivity contribution >= 4 is 5.96 Å². The van der Waals surface area contributed by atoms with Gasteiger partial charge >= 0.3 is 0 Å². The molecule has 0 radical (unpaired) electrons. The summed E-state index contributed by atoms with van der Waals surface area (Å²) in [5, 5.41) is 3.36. The van der Waals surface area contributed by atoms with Crippen LogP contribution in [0.15, 0.2) is 35.3 Å². The zero-order valence-corrected chi connectivity index (χ0v) is 10.9. The molecule has 0 spiro atoms. The Hall–Kier alpha value is -1.55. The Kier molecular flexibility index (Phi) is 5.49. The maximum absolute atomic E-state index is 5.44. The highest BCUT2D eigenvalue weighted by molar-refractivity contribution is 5.79. The van der Waals surface area contributed by atoms with Crippen LogP contribution in [0.3, 0.4) is 0 Å². The summed E-state index contributed by atoms with van der Waals surface area (Å²) >= 11 is 0. The van der Waals surface area contributed by atoms with E-state index in [9.17, 15) is 0 Å². The predicted molar refractivity (Wildman–Crippen MR) is 72.9 cm³/mol. The molecule has 0 aliphatic carbocycles. The van der Waals surface area contributed by atoms with Crippen LogP contribution in [-0.4, -0.2) is 37.7 Å². The van der Waals surface area contributed by atoms with Gasteiger partial charge in [0.1, 0.15) is 0 Å². The summed E-state index contributed by atoms with van der Waals surface area (Å²) in [5.74, 6) is 0.830. The molecule has 0 bridgehead atoms. The van der Waals surface area contributed by atoms with Crippen LogP contribution in [0, 0.1) is 0 Å². The molecule has 1 unspecified atom stereocenters. The van der Waals surface area contributed by atoms with Crippen LogP contribution in [0.25, 0.3) is 0 Å². The molecule has 94 valence electrons. The van der Waals surface area contributed by atoms with Gasteiger partial charge in [0.2, 0.25) is 0 Å². The molecule has 4 nitrogen and oxygen atoms in total. The van der Waals surface area contributed by atoms with Crippen molar-refractivity contribution < 1.29 is 0 Å². The lowest BCUT2D eigenvalue weighted by atomic mass is 10.1. The van der Waals surface area contributed by atoms with Crippen LogP contribution < -0.4 is 11.1 Å². The second-order valence-electron chi connectivity index (χ2n) is 4.29. The molecule has 0 amide bonds. The van der Waals surface area contributed by atoms with Gasteiger partial charge in [0.15, 0.2) is 5.96 Å². The fourth-order valence-corrected chi connectivity index (χ4v) is 1.64. The molecule has 0 fully saturated rings. The minimum Gasteiger partial charge on any atom is -0.353 e. The zero-order chi connectivity index (χ0) is 12.7. The van der Waals surface area contributed by atoms with Crippen LogP contribution in [-0.2, 0) is 6.42 Å². The van der Waals surface area contributed by atoms with E-state index in [0.717, 1.165) is 12.4 Å². The minimum absolute atomic E-state index is 0.304. The van der Waals surface area contributed by atoms with Crippen molar-refractivity contribution in [2.24, 2.45) is 10.7 Å². The highest BCUT2D eigenvalue weighted by atomic mass is 15.3. The minimum atomic E-state index is 0.304. The van der Waals surface area contributed by atoms with Crippen molar-refractivity contribution in [1.82, 2.24) is 10.2 Å². The van der Waals surface area contributed by atoms with E-state index in [-0.39, 0.29) is 0 Å². The van der Waals surface area contributed by atoms with Gasteiger partial charge in [-0.15, -0.1) is 0 Å². The van der Waals surface area contributed by atoms with Gasteiger partial charge in [0.05, 0.1) is 6.67 Å². The van der Waals surface area contributed by atoms with Crippen molar-refractivity contribution in [1.29, 1.82) is 0 Å². The largest absolute Gasteiger partial charge is 0.353 e. The number of aliphatic imine (C=N–C) groups is 1. The van der Waals surface area contributed by atoms with Crippen LogP contribution in [0.1, 0.15) is 12.5 Å². The third-order valence-electron chi connectivity index (χ3n) is 2.42. The number of nitrogens with one attached hydrogen (secondary N) is 1. The second-order valence-corrected chi connectivity index (χ2v) is 4.29.